The first-order valence-corrected chi connectivity index (χ1v) is 7.63. The van der Waals surface area contributed by atoms with Crippen molar-refractivity contribution in [3.05, 3.63) is 35.9 Å². The fourth-order valence-corrected chi connectivity index (χ4v) is 2.06. The maximum absolute atomic E-state index is 11.7. The molecule has 0 aliphatic heterocycles. The van der Waals surface area contributed by atoms with Crippen molar-refractivity contribution in [2.24, 2.45) is 5.92 Å². The predicted molar refractivity (Wildman–Crippen MR) is 84.4 cm³/mol. The minimum absolute atomic E-state index is 0.218. The van der Waals surface area contributed by atoms with Gasteiger partial charge in [-0.15, -0.1) is 0 Å². The predicted octanol–water partition coefficient (Wildman–Crippen LogP) is 2.60. The summed E-state index contributed by atoms with van der Waals surface area (Å²) in [6, 6.07) is 9.01. The number of aliphatic carboxylic acids is 1. The molecule has 1 aromatic rings. The van der Waals surface area contributed by atoms with Gasteiger partial charge in [-0.2, -0.15) is 0 Å². The molecular formula is C17H25NO4. The van der Waals surface area contributed by atoms with Crippen LogP contribution in [-0.4, -0.2) is 29.6 Å². The Balaban J connectivity index is 2.18. The smallest absolute Gasteiger partial charge is 0.326 e. The maximum Gasteiger partial charge on any atom is 0.326 e. The molecular weight excluding hydrogens is 282 g/mol. The lowest BCUT2D eigenvalue weighted by Gasteiger charge is -2.16. The summed E-state index contributed by atoms with van der Waals surface area (Å²) in [4.78, 5) is 22.8. The van der Waals surface area contributed by atoms with Gasteiger partial charge in [0.05, 0.1) is 6.61 Å². The molecule has 1 aromatic carbocycles. The molecule has 0 spiro atoms. The Morgan fingerprint density at radius 2 is 1.91 bits per heavy atom. The van der Waals surface area contributed by atoms with Crippen molar-refractivity contribution in [1.82, 2.24) is 5.32 Å². The zero-order valence-corrected chi connectivity index (χ0v) is 13.2. The molecule has 5 nitrogen and oxygen atoms in total. The lowest BCUT2D eigenvalue weighted by atomic mass is 10.0. The van der Waals surface area contributed by atoms with Gasteiger partial charge in [0.1, 0.15) is 6.04 Å². The number of carbonyl (C=O) groups excluding carboxylic acids is 1. The standard InChI is InChI=1S/C17H25NO4/c1-13(2)11-15(17(20)21)18-16(19)9-6-10-22-12-14-7-4-3-5-8-14/h3-5,7-8,13,15H,6,9-12H2,1-2H3,(H,18,19)(H,20,21)/t15-/m0/s1. The summed E-state index contributed by atoms with van der Waals surface area (Å²) >= 11 is 0. The van der Waals surface area contributed by atoms with Gasteiger partial charge in [0, 0.05) is 13.0 Å². The largest absolute Gasteiger partial charge is 0.480 e. The van der Waals surface area contributed by atoms with Gasteiger partial charge in [0.15, 0.2) is 0 Å². The molecule has 1 atom stereocenters. The van der Waals surface area contributed by atoms with E-state index in [2.05, 4.69) is 5.32 Å². The molecule has 0 fully saturated rings. The summed E-state index contributed by atoms with van der Waals surface area (Å²) in [5.41, 5.74) is 1.09. The van der Waals surface area contributed by atoms with Gasteiger partial charge in [-0.3, -0.25) is 4.79 Å². The number of hydrogen-bond acceptors (Lipinski definition) is 3. The van der Waals surface area contributed by atoms with Gasteiger partial charge in [0.25, 0.3) is 0 Å². The van der Waals surface area contributed by atoms with Gasteiger partial charge >= 0.3 is 5.97 Å². The SMILES string of the molecule is CC(C)C[C@H](NC(=O)CCCOCc1ccccc1)C(=O)O. The molecule has 22 heavy (non-hydrogen) atoms. The number of hydrogen-bond donors (Lipinski definition) is 2. The van der Waals surface area contributed by atoms with Crippen molar-refractivity contribution in [3.8, 4) is 0 Å². The van der Waals surface area contributed by atoms with Crippen LogP contribution in [0.15, 0.2) is 30.3 Å². The minimum Gasteiger partial charge on any atom is -0.480 e. The third kappa shape index (κ3) is 7.78. The molecule has 0 heterocycles. The number of rotatable bonds is 10. The first-order valence-electron chi connectivity index (χ1n) is 7.63. The highest BCUT2D eigenvalue weighted by Gasteiger charge is 2.20. The second-order valence-electron chi connectivity index (χ2n) is 5.73. The van der Waals surface area contributed by atoms with Gasteiger partial charge in [0.2, 0.25) is 5.91 Å². The lowest BCUT2D eigenvalue weighted by Crippen LogP contribution is -2.41. The Kier molecular flexibility index (Phi) is 8.22. The van der Waals surface area contributed by atoms with Crippen molar-refractivity contribution in [1.29, 1.82) is 0 Å². The van der Waals surface area contributed by atoms with Crippen LogP contribution in [0.5, 0.6) is 0 Å². The van der Waals surface area contributed by atoms with Gasteiger partial charge in [-0.25, -0.2) is 4.79 Å². The monoisotopic (exact) mass is 307 g/mol. The van der Waals surface area contributed by atoms with Crippen LogP contribution in [0.1, 0.15) is 38.7 Å². The fourth-order valence-electron chi connectivity index (χ4n) is 2.06. The van der Waals surface area contributed by atoms with Crippen molar-refractivity contribution in [2.75, 3.05) is 6.61 Å². The van der Waals surface area contributed by atoms with E-state index < -0.39 is 12.0 Å². The van der Waals surface area contributed by atoms with E-state index in [1.165, 1.54) is 0 Å². The quantitative estimate of drug-likeness (QED) is 0.652. The highest BCUT2D eigenvalue weighted by atomic mass is 16.5. The molecule has 1 amide bonds. The van der Waals surface area contributed by atoms with Gasteiger partial charge in [-0.05, 0) is 24.3 Å². The average molecular weight is 307 g/mol. The zero-order chi connectivity index (χ0) is 16.4. The molecule has 0 saturated heterocycles. The summed E-state index contributed by atoms with van der Waals surface area (Å²) in [5.74, 6) is -1.01. The van der Waals surface area contributed by atoms with Crippen molar-refractivity contribution < 1.29 is 19.4 Å². The second kappa shape index (κ2) is 9.95. The number of nitrogens with one attached hydrogen (secondary N) is 1. The molecule has 0 aliphatic rings. The number of carboxylic acid groups (broad SMARTS) is 1. The summed E-state index contributed by atoms with van der Waals surface area (Å²) < 4.78 is 5.49. The molecule has 5 heteroatoms. The van der Waals surface area contributed by atoms with E-state index in [9.17, 15) is 9.59 Å². The normalized spacial score (nSPS) is 12.1. The number of ether oxygens (including phenoxy) is 1. The van der Waals surface area contributed by atoms with Crippen LogP contribution < -0.4 is 5.32 Å². The lowest BCUT2D eigenvalue weighted by molar-refractivity contribution is -0.142. The van der Waals surface area contributed by atoms with Crippen LogP contribution in [0.3, 0.4) is 0 Å². The van der Waals surface area contributed by atoms with Crippen molar-refractivity contribution in [3.63, 3.8) is 0 Å². The molecule has 0 radical (unpaired) electrons. The molecule has 0 unspecified atom stereocenters. The van der Waals surface area contributed by atoms with Gasteiger partial charge < -0.3 is 15.2 Å². The van der Waals surface area contributed by atoms with Gasteiger partial charge in [-0.1, -0.05) is 44.2 Å². The van der Waals surface area contributed by atoms with E-state index >= 15 is 0 Å². The summed E-state index contributed by atoms with van der Waals surface area (Å²) in [5, 5.41) is 11.6. The Morgan fingerprint density at radius 1 is 1.23 bits per heavy atom. The third-order valence-electron chi connectivity index (χ3n) is 3.14. The number of carbonyl (C=O) groups is 2. The third-order valence-corrected chi connectivity index (χ3v) is 3.14. The Morgan fingerprint density at radius 3 is 2.50 bits per heavy atom. The number of carboxylic acids is 1. The van der Waals surface area contributed by atoms with Crippen LogP contribution in [0.25, 0.3) is 0 Å². The summed E-state index contributed by atoms with van der Waals surface area (Å²) in [6.45, 7) is 4.86. The molecule has 0 aromatic heterocycles. The average Bonchev–Trinajstić information content (AvgIpc) is 2.46. The molecule has 0 bridgehead atoms. The van der Waals surface area contributed by atoms with Crippen molar-refractivity contribution in [2.45, 2.75) is 45.8 Å². The Hall–Kier alpha value is -1.88. The second-order valence-corrected chi connectivity index (χ2v) is 5.73. The van der Waals surface area contributed by atoms with E-state index in [-0.39, 0.29) is 18.2 Å². The Labute approximate surface area is 131 Å². The van der Waals surface area contributed by atoms with E-state index in [1.807, 2.05) is 44.2 Å². The summed E-state index contributed by atoms with van der Waals surface area (Å²) in [7, 11) is 0. The Bertz CT molecular complexity index is 459. The van der Waals surface area contributed by atoms with Crippen LogP contribution in [0.4, 0.5) is 0 Å². The maximum atomic E-state index is 11.7. The molecule has 122 valence electrons. The van der Waals surface area contributed by atoms with Crippen LogP contribution >= 0.6 is 0 Å². The zero-order valence-electron chi connectivity index (χ0n) is 13.2. The molecule has 1 rings (SSSR count). The van der Waals surface area contributed by atoms with E-state index in [4.69, 9.17) is 9.84 Å². The van der Waals surface area contributed by atoms with Crippen LogP contribution in [0, 0.1) is 5.92 Å². The highest BCUT2D eigenvalue weighted by Crippen LogP contribution is 2.06. The van der Waals surface area contributed by atoms with Crippen LogP contribution in [0.2, 0.25) is 0 Å². The molecule has 0 aliphatic carbocycles. The molecule has 2 N–H and O–H groups in total. The highest BCUT2D eigenvalue weighted by molar-refractivity contribution is 5.83. The fraction of sp³-hybridized carbons (Fsp3) is 0.529. The first kappa shape index (κ1) is 18.2. The summed E-state index contributed by atoms with van der Waals surface area (Å²) in [6.07, 6.45) is 1.29. The topological polar surface area (TPSA) is 75.6 Å². The number of amides is 1. The van der Waals surface area contributed by atoms with E-state index in [0.29, 0.717) is 26.1 Å². The number of benzene rings is 1. The van der Waals surface area contributed by atoms with Crippen LogP contribution in [-0.2, 0) is 20.9 Å². The minimum atomic E-state index is -0.984. The first-order chi connectivity index (χ1) is 10.5. The van der Waals surface area contributed by atoms with E-state index in [0.717, 1.165) is 5.56 Å². The van der Waals surface area contributed by atoms with Crippen molar-refractivity contribution >= 4 is 11.9 Å². The van der Waals surface area contributed by atoms with E-state index in [1.54, 1.807) is 0 Å². The molecule has 0 saturated carbocycles.